The molecule has 3 N–H and O–H groups in total. The van der Waals surface area contributed by atoms with Crippen molar-refractivity contribution in [2.75, 3.05) is 10.6 Å². The Labute approximate surface area is 133 Å². The standard InChI is InChI=1S/C14H11N5O3S/c1-7(20)15-8-2-3-9-11(6-8)23-14(16-9)17-13(22)10-4-5-12(21)19-18-10/h2-6H,1H3,(H,15,20)(H,19,21)(H,16,17,22). The lowest BCUT2D eigenvalue weighted by atomic mass is 10.3. The average molecular weight is 329 g/mol. The molecule has 2 amide bonds. The quantitative estimate of drug-likeness (QED) is 0.674. The Hall–Kier alpha value is -3.07. The van der Waals surface area contributed by atoms with Crippen molar-refractivity contribution in [1.29, 1.82) is 0 Å². The van der Waals surface area contributed by atoms with Crippen LogP contribution in [0, 0.1) is 0 Å². The Kier molecular flexibility index (Phi) is 3.85. The van der Waals surface area contributed by atoms with Crippen LogP contribution in [-0.4, -0.2) is 27.0 Å². The summed E-state index contributed by atoms with van der Waals surface area (Å²) in [5, 5.41) is 11.6. The van der Waals surface area contributed by atoms with E-state index in [4.69, 9.17) is 0 Å². The van der Waals surface area contributed by atoms with E-state index in [0.29, 0.717) is 16.3 Å². The van der Waals surface area contributed by atoms with Gasteiger partial charge < -0.3 is 5.32 Å². The highest BCUT2D eigenvalue weighted by Crippen LogP contribution is 2.28. The summed E-state index contributed by atoms with van der Waals surface area (Å²) in [6.45, 7) is 1.43. The number of aromatic amines is 1. The summed E-state index contributed by atoms with van der Waals surface area (Å²) in [5.41, 5.74) is 1.07. The molecule has 0 aliphatic heterocycles. The largest absolute Gasteiger partial charge is 0.326 e. The molecule has 0 fully saturated rings. The molecule has 2 heterocycles. The summed E-state index contributed by atoms with van der Waals surface area (Å²) in [6.07, 6.45) is 0. The molecule has 9 heteroatoms. The maximum absolute atomic E-state index is 12.0. The van der Waals surface area contributed by atoms with Gasteiger partial charge in [0.05, 0.1) is 10.2 Å². The summed E-state index contributed by atoms with van der Waals surface area (Å²) in [6, 6.07) is 7.82. The summed E-state index contributed by atoms with van der Waals surface area (Å²) in [7, 11) is 0. The molecule has 3 rings (SSSR count). The van der Waals surface area contributed by atoms with E-state index >= 15 is 0 Å². The normalized spacial score (nSPS) is 10.5. The van der Waals surface area contributed by atoms with Gasteiger partial charge in [-0.1, -0.05) is 11.3 Å². The number of hydrogen-bond acceptors (Lipinski definition) is 6. The van der Waals surface area contributed by atoms with Gasteiger partial charge in [-0.2, -0.15) is 5.10 Å². The molecule has 0 aliphatic carbocycles. The Morgan fingerprint density at radius 2 is 2.00 bits per heavy atom. The van der Waals surface area contributed by atoms with Crippen LogP contribution in [-0.2, 0) is 4.79 Å². The maximum atomic E-state index is 12.0. The number of H-pyrrole nitrogens is 1. The summed E-state index contributed by atoms with van der Waals surface area (Å²) < 4.78 is 0.820. The zero-order valence-electron chi connectivity index (χ0n) is 11.9. The van der Waals surface area contributed by atoms with Crippen molar-refractivity contribution < 1.29 is 9.59 Å². The van der Waals surface area contributed by atoms with Crippen LogP contribution in [0.15, 0.2) is 35.1 Å². The number of carbonyl (C=O) groups excluding carboxylic acids is 2. The van der Waals surface area contributed by atoms with Gasteiger partial charge in [0.25, 0.3) is 11.5 Å². The molecular formula is C14H11N5O3S. The van der Waals surface area contributed by atoms with Crippen LogP contribution < -0.4 is 16.2 Å². The average Bonchev–Trinajstić information content (AvgIpc) is 2.88. The van der Waals surface area contributed by atoms with E-state index in [1.54, 1.807) is 18.2 Å². The fraction of sp³-hybridized carbons (Fsp3) is 0.0714. The lowest BCUT2D eigenvalue weighted by molar-refractivity contribution is -0.114. The number of benzene rings is 1. The highest BCUT2D eigenvalue weighted by Gasteiger charge is 2.11. The number of carbonyl (C=O) groups is 2. The Morgan fingerprint density at radius 3 is 2.70 bits per heavy atom. The van der Waals surface area contributed by atoms with Crippen molar-refractivity contribution in [2.45, 2.75) is 6.92 Å². The molecule has 116 valence electrons. The molecule has 2 aromatic heterocycles. The minimum absolute atomic E-state index is 0.0859. The predicted molar refractivity (Wildman–Crippen MR) is 86.7 cm³/mol. The van der Waals surface area contributed by atoms with Crippen molar-refractivity contribution in [3.63, 3.8) is 0 Å². The minimum atomic E-state index is -0.470. The predicted octanol–water partition coefficient (Wildman–Crippen LogP) is 1.59. The number of anilines is 2. The first-order valence-electron chi connectivity index (χ1n) is 6.56. The number of amides is 2. The van der Waals surface area contributed by atoms with E-state index in [2.05, 4.69) is 25.8 Å². The number of nitrogens with one attached hydrogen (secondary N) is 3. The van der Waals surface area contributed by atoms with Crippen molar-refractivity contribution in [3.05, 3.63) is 46.4 Å². The SMILES string of the molecule is CC(=O)Nc1ccc2nc(NC(=O)c3ccc(=O)[nH]n3)sc2c1. The van der Waals surface area contributed by atoms with Gasteiger partial charge in [0.2, 0.25) is 5.91 Å². The molecule has 0 spiro atoms. The first-order chi connectivity index (χ1) is 11.0. The maximum Gasteiger partial charge on any atom is 0.277 e. The van der Waals surface area contributed by atoms with E-state index in [1.807, 2.05) is 0 Å². The number of nitrogens with zero attached hydrogens (tertiary/aromatic N) is 2. The van der Waals surface area contributed by atoms with Crippen LogP contribution in [0.5, 0.6) is 0 Å². The number of thiazole rings is 1. The van der Waals surface area contributed by atoms with Crippen LogP contribution in [0.3, 0.4) is 0 Å². The smallest absolute Gasteiger partial charge is 0.277 e. The molecule has 0 radical (unpaired) electrons. The van der Waals surface area contributed by atoms with Crippen LogP contribution in [0.4, 0.5) is 10.8 Å². The van der Waals surface area contributed by atoms with E-state index in [-0.39, 0.29) is 17.2 Å². The van der Waals surface area contributed by atoms with E-state index in [9.17, 15) is 14.4 Å². The third-order valence-electron chi connectivity index (χ3n) is 2.84. The summed E-state index contributed by atoms with van der Waals surface area (Å²) in [4.78, 5) is 38.3. The lowest BCUT2D eigenvalue weighted by Gasteiger charge is -1.99. The van der Waals surface area contributed by atoms with E-state index in [1.165, 1.54) is 30.4 Å². The molecule has 0 saturated heterocycles. The van der Waals surface area contributed by atoms with E-state index in [0.717, 1.165) is 4.70 Å². The van der Waals surface area contributed by atoms with Gasteiger partial charge in [0, 0.05) is 18.7 Å². The molecule has 1 aromatic carbocycles. The van der Waals surface area contributed by atoms with Gasteiger partial charge in [-0.05, 0) is 24.3 Å². The molecular weight excluding hydrogens is 318 g/mol. The molecule has 8 nitrogen and oxygen atoms in total. The zero-order chi connectivity index (χ0) is 16.4. The lowest BCUT2D eigenvalue weighted by Crippen LogP contribution is -2.17. The molecule has 3 aromatic rings. The van der Waals surface area contributed by atoms with Gasteiger partial charge >= 0.3 is 0 Å². The fourth-order valence-corrected chi connectivity index (χ4v) is 2.79. The highest BCUT2D eigenvalue weighted by atomic mass is 32.1. The Morgan fingerprint density at radius 1 is 1.17 bits per heavy atom. The molecule has 0 bridgehead atoms. The van der Waals surface area contributed by atoms with Gasteiger partial charge in [0.1, 0.15) is 5.69 Å². The third kappa shape index (κ3) is 3.40. The molecule has 0 aliphatic rings. The van der Waals surface area contributed by atoms with Crippen LogP contribution in [0.25, 0.3) is 10.2 Å². The number of aromatic nitrogens is 3. The highest BCUT2D eigenvalue weighted by molar-refractivity contribution is 7.22. The zero-order valence-corrected chi connectivity index (χ0v) is 12.7. The summed E-state index contributed by atoms with van der Waals surface area (Å²) >= 11 is 1.27. The molecule has 0 saturated carbocycles. The second-order valence-electron chi connectivity index (χ2n) is 4.64. The third-order valence-corrected chi connectivity index (χ3v) is 3.77. The molecule has 0 atom stereocenters. The van der Waals surface area contributed by atoms with Crippen LogP contribution >= 0.6 is 11.3 Å². The van der Waals surface area contributed by atoms with Gasteiger partial charge in [-0.25, -0.2) is 10.1 Å². The van der Waals surface area contributed by atoms with Crippen molar-refractivity contribution in [3.8, 4) is 0 Å². The molecule has 0 unspecified atom stereocenters. The first-order valence-corrected chi connectivity index (χ1v) is 7.38. The van der Waals surface area contributed by atoms with Crippen LogP contribution in [0.1, 0.15) is 17.4 Å². The minimum Gasteiger partial charge on any atom is -0.326 e. The Balaban J connectivity index is 1.82. The number of rotatable bonds is 3. The fourth-order valence-electron chi connectivity index (χ4n) is 1.89. The first kappa shape index (κ1) is 14.9. The van der Waals surface area contributed by atoms with Gasteiger partial charge in [-0.15, -0.1) is 0 Å². The number of fused-ring (bicyclic) bond motifs is 1. The Bertz CT molecular complexity index is 942. The van der Waals surface area contributed by atoms with Crippen LogP contribution in [0.2, 0.25) is 0 Å². The van der Waals surface area contributed by atoms with Gasteiger partial charge in [0.15, 0.2) is 5.13 Å². The topological polar surface area (TPSA) is 117 Å². The van der Waals surface area contributed by atoms with E-state index < -0.39 is 5.91 Å². The summed E-state index contributed by atoms with van der Waals surface area (Å²) in [5.74, 6) is -0.631. The second-order valence-corrected chi connectivity index (χ2v) is 5.67. The van der Waals surface area contributed by atoms with Gasteiger partial charge in [-0.3, -0.25) is 19.7 Å². The second kappa shape index (κ2) is 5.97. The monoisotopic (exact) mass is 329 g/mol. The van der Waals surface area contributed by atoms with Crippen molar-refractivity contribution in [1.82, 2.24) is 15.2 Å². The molecule has 23 heavy (non-hydrogen) atoms. The van der Waals surface area contributed by atoms with Crippen molar-refractivity contribution >= 4 is 44.2 Å². The van der Waals surface area contributed by atoms with Crippen molar-refractivity contribution in [2.24, 2.45) is 0 Å². The number of hydrogen-bond donors (Lipinski definition) is 3.